The fourth-order valence-corrected chi connectivity index (χ4v) is 4.87. The van der Waals surface area contributed by atoms with Crippen molar-refractivity contribution in [2.24, 2.45) is 7.05 Å². The monoisotopic (exact) mass is 457 g/mol. The summed E-state index contributed by atoms with van der Waals surface area (Å²) in [6.07, 6.45) is 2.07. The maximum Gasteiger partial charge on any atom is 0.332 e. The van der Waals surface area contributed by atoms with E-state index in [0.29, 0.717) is 22.5 Å². The number of fused-ring (bicyclic) bond motifs is 2. The lowest BCUT2D eigenvalue weighted by molar-refractivity contribution is 0.551. The minimum absolute atomic E-state index is 0.289. The molecule has 5 aromatic rings. The van der Waals surface area contributed by atoms with Crippen molar-refractivity contribution >= 4 is 33.4 Å². The van der Waals surface area contributed by atoms with Gasteiger partial charge < -0.3 is 4.57 Å². The lowest BCUT2D eigenvalue weighted by Crippen LogP contribution is -2.42. The smallest absolute Gasteiger partial charge is 0.332 e. The Morgan fingerprint density at radius 1 is 0.909 bits per heavy atom. The van der Waals surface area contributed by atoms with Gasteiger partial charge in [-0.05, 0) is 60.9 Å². The summed E-state index contributed by atoms with van der Waals surface area (Å²) < 4.78 is 5.14. The van der Waals surface area contributed by atoms with Gasteiger partial charge >= 0.3 is 5.69 Å². The van der Waals surface area contributed by atoms with Gasteiger partial charge in [-0.3, -0.25) is 13.9 Å². The Labute approximate surface area is 196 Å². The predicted octanol–water partition coefficient (Wildman–Crippen LogP) is 5.27. The summed E-state index contributed by atoms with van der Waals surface area (Å²) in [5.41, 5.74) is 4.19. The fraction of sp³-hybridized carbons (Fsp3) is 0.185. The van der Waals surface area contributed by atoms with Gasteiger partial charge in [0, 0.05) is 29.2 Å². The van der Waals surface area contributed by atoms with E-state index in [9.17, 15) is 9.59 Å². The Hall–Kier alpha value is -3.57. The second kappa shape index (κ2) is 8.09. The molecule has 5 rings (SSSR count). The molecule has 166 valence electrons. The van der Waals surface area contributed by atoms with Crippen molar-refractivity contribution in [2.75, 3.05) is 0 Å². The standard InChI is InChI=1S/C27H24ClN3O2/c1-17-7-6-10-24-25(17)20(15-29(24)3)16-30-23-9-5-4-8-22(23)26(32)31(27(30)33)18(2)19-11-13-21(28)14-12-19/h4-15,18H,16H2,1-3H3. The van der Waals surface area contributed by atoms with Crippen molar-refractivity contribution in [3.63, 3.8) is 0 Å². The van der Waals surface area contributed by atoms with Gasteiger partial charge in [0.15, 0.2) is 0 Å². The number of nitrogens with zero attached hydrogens (tertiary/aromatic N) is 3. The van der Waals surface area contributed by atoms with Crippen molar-refractivity contribution in [1.29, 1.82) is 0 Å². The van der Waals surface area contributed by atoms with Gasteiger partial charge in [-0.1, -0.05) is 48.0 Å². The van der Waals surface area contributed by atoms with Crippen LogP contribution in [0.3, 0.4) is 0 Å². The minimum Gasteiger partial charge on any atom is -0.350 e. The average Bonchev–Trinajstić information content (AvgIpc) is 3.13. The first kappa shape index (κ1) is 21.3. The Kier molecular flexibility index (Phi) is 5.22. The van der Waals surface area contributed by atoms with E-state index in [1.54, 1.807) is 22.8 Å². The molecule has 0 saturated carbocycles. The molecule has 1 atom stereocenters. The van der Waals surface area contributed by atoms with Crippen LogP contribution in [0, 0.1) is 6.92 Å². The molecule has 0 aliphatic rings. The van der Waals surface area contributed by atoms with E-state index in [2.05, 4.69) is 29.8 Å². The van der Waals surface area contributed by atoms with Crippen LogP contribution in [0.2, 0.25) is 5.02 Å². The van der Waals surface area contributed by atoms with Crippen molar-refractivity contribution < 1.29 is 0 Å². The molecule has 0 aliphatic heterocycles. The largest absolute Gasteiger partial charge is 0.350 e. The zero-order valence-corrected chi connectivity index (χ0v) is 19.5. The number of benzene rings is 3. The molecule has 0 N–H and O–H groups in total. The number of hydrogen-bond donors (Lipinski definition) is 0. The first-order valence-electron chi connectivity index (χ1n) is 10.9. The predicted molar refractivity (Wildman–Crippen MR) is 134 cm³/mol. The first-order valence-corrected chi connectivity index (χ1v) is 11.3. The zero-order valence-electron chi connectivity index (χ0n) is 18.7. The fourth-order valence-electron chi connectivity index (χ4n) is 4.75. The highest BCUT2D eigenvalue weighted by molar-refractivity contribution is 6.30. The van der Waals surface area contributed by atoms with Crippen molar-refractivity contribution in [3.8, 4) is 0 Å². The van der Waals surface area contributed by atoms with Crippen LogP contribution in [-0.4, -0.2) is 13.7 Å². The maximum atomic E-state index is 13.8. The Balaban J connectivity index is 1.76. The zero-order chi connectivity index (χ0) is 23.3. The molecule has 33 heavy (non-hydrogen) atoms. The van der Waals surface area contributed by atoms with E-state index in [1.165, 1.54) is 4.57 Å². The van der Waals surface area contributed by atoms with E-state index in [0.717, 1.165) is 27.6 Å². The number of para-hydroxylation sites is 1. The maximum absolute atomic E-state index is 13.8. The Morgan fingerprint density at radius 2 is 1.61 bits per heavy atom. The van der Waals surface area contributed by atoms with E-state index in [-0.39, 0.29) is 11.2 Å². The number of rotatable bonds is 4. The number of aromatic nitrogens is 3. The van der Waals surface area contributed by atoms with E-state index in [1.807, 2.05) is 50.4 Å². The molecule has 5 nitrogen and oxygen atoms in total. The average molecular weight is 458 g/mol. The quantitative estimate of drug-likeness (QED) is 0.369. The Morgan fingerprint density at radius 3 is 2.36 bits per heavy atom. The summed E-state index contributed by atoms with van der Waals surface area (Å²) >= 11 is 6.04. The molecule has 0 fully saturated rings. The van der Waals surface area contributed by atoms with Gasteiger partial charge in [0.1, 0.15) is 0 Å². The van der Waals surface area contributed by atoms with Crippen molar-refractivity contribution in [2.45, 2.75) is 26.4 Å². The molecule has 0 amide bonds. The van der Waals surface area contributed by atoms with Crippen LogP contribution in [0.15, 0.2) is 82.5 Å². The van der Waals surface area contributed by atoms with Crippen LogP contribution in [0.1, 0.15) is 29.7 Å². The van der Waals surface area contributed by atoms with Crippen molar-refractivity contribution in [3.05, 3.63) is 115 Å². The highest BCUT2D eigenvalue weighted by atomic mass is 35.5. The molecule has 1 unspecified atom stereocenters. The molecular formula is C27H24ClN3O2. The molecule has 0 radical (unpaired) electrons. The molecular weight excluding hydrogens is 434 g/mol. The molecule has 2 aromatic heterocycles. The second-order valence-corrected chi connectivity index (χ2v) is 8.96. The van der Waals surface area contributed by atoms with Crippen LogP contribution in [0.5, 0.6) is 0 Å². The number of hydrogen-bond acceptors (Lipinski definition) is 2. The van der Waals surface area contributed by atoms with Crippen LogP contribution in [-0.2, 0) is 13.6 Å². The summed E-state index contributed by atoms with van der Waals surface area (Å²) in [5.74, 6) is 0. The van der Waals surface area contributed by atoms with Crippen LogP contribution >= 0.6 is 11.6 Å². The van der Waals surface area contributed by atoms with Gasteiger partial charge in [-0.25, -0.2) is 4.79 Å². The summed E-state index contributed by atoms with van der Waals surface area (Å²) in [4.78, 5) is 27.2. The molecule has 2 heterocycles. The van der Waals surface area contributed by atoms with E-state index in [4.69, 9.17) is 11.6 Å². The number of halogens is 1. The molecule has 0 spiro atoms. The highest BCUT2D eigenvalue weighted by Gasteiger charge is 2.20. The summed E-state index contributed by atoms with van der Waals surface area (Å²) in [5, 5.41) is 2.27. The lowest BCUT2D eigenvalue weighted by Gasteiger charge is -2.19. The number of aryl methyl sites for hydroxylation is 2. The van der Waals surface area contributed by atoms with Gasteiger partial charge in [0.2, 0.25) is 0 Å². The molecule has 0 saturated heterocycles. The molecule has 3 aromatic carbocycles. The molecule has 6 heteroatoms. The normalized spacial score (nSPS) is 12.5. The molecule has 0 aliphatic carbocycles. The van der Waals surface area contributed by atoms with Crippen molar-refractivity contribution in [1.82, 2.24) is 13.7 Å². The molecule has 0 bridgehead atoms. The summed E-state index contributed by atoms with van der Waals surface area (Å²) in [6, 6.07) is 20.3. The summed E-state index contributed by atoms with van der Waals surface area (Å²) in [7, 11) is 2.01. The van der Waals surface area contributed by atoms with Crippen LogP contribution in [0.25, 0.3) is 21.8 Å². The third-order valence-electron chi connectivity index (χ3n) is 6.45. The SMILES string of the molecule is Cc1cccc2c1c(Cn1c(=O)n(C(C)c3ccc(Cl)cc3)c(=O)c3ccccc31)cn2C. The third-order valence-corrected chi connectivity index (χ3v) is 6.70. The van der Waals surface area contributed by atoms with Gasteiger partial charge in [0.05, 0.1) is 23.5 Å². The third kappa shape index (κ3) is 3.49. The van der Waals surface area contributed by atoms with Gasteiger partial charge in [-0.2, -0.15) is 0 Å². The topological polar surface area (TPSA) is 48.9 Å². The summed E-state index contributed by atoms with van der Waals surface area (Å²) in [6.45, 7) is 4.32. The van der Waals surface area contributed by atoms with Gasteiger partial charge in [0.25, 0.3) is 5.56 Å². The highest BCUT2D eigenvalue weighted by Crippen LogP contribution is 2.26. The van der Waals surface area contributed by atoms with Gasteiger partial charge in [-0.15, -0.1) is 0 Å². The first-order chi connectivity index (χ1) is 15.9. The second-order valence-electron chi connectivity index (χ2n) is 8.52. The minimum atomic E-state index is -0.438. The van der Waals surface area contributed by atoms with Crippen LogP contribution in [0.4, 0.5) is 0 Å². The van der Waals surface area contributed by atoms with E-state index >= 15 is 0 Å². The Bertz CT molecular complexity index is 1620. The van der Waals surface area contributed by atoms with E-state index < -0.39 is 6.04 Å². The lowest BCUT2D eigenvalue weighted by atomic mass is 10.1. The van der Waals surface area contributed by atoms with Crippen LogP contribution < -0.4 is 11.2 Å².